The number of nitrogens with one attached hydrogen (secondary N) is 1. The Balaban J connectivity index is 1.59. The van der Waals surface area contributed by atoms with Crippen LogP contribution in [-0.2, 0) is 4.74 Å². The van der Waals surface area contributed by atoms with E-state index in [4.69, 9.17) is 19.6 Å². The summed E-state index contributed by atoms with van der Waals surface area (Å²) in [5.74, 6) is 1.26. The molecule has 1 amide bonds. The van der Waals surface area contributed by atoms with Gasteiger partial charge in [-0.15, -0.1) is 0 Å². The highest BCUT2D eigenvalue weighted by Gasteiger charge is 2.25. The summed E-state index contributed by atoms with van der Waals surface area (Å²) in [6, 6.07) is 5.75. The normalized spacial score (nSPS) is 22.1. The maximum atomic E-state index is 10.8. The molecule has 4 rings (SSSR count). The molecule has 1 aliphatic carbocycles. The molecular weight excluding hydrogens is 374 g/mol. The largest absolute Gasteiger partial charge is 0.474 e. The Morgan fingerprint density at radius 1 is 1.28 bits per heavy atom. The number of amides is 1. The number of nitriles is 1. The second-order valence-electron chi connectivity index (χ2n) is 7.33. The van der Waals surface area contributed by atoms with Gasteiger partial charge in [0.15, 0.2) is 0 Å². The van der Waals surface area contributed by atoms with Crippen molar-refractivity contribution in [2.24, 2.45) is 0 Å². The molecule has 0 bridgehead atoms. The molecule has 2 aromatic rings. The molecule has 2 fully saturated rings. The highest BCUT2D eigenvalue weighted by molar-refractivity contribution is 5.86. The van der Waals surface area contributed by atoms with Crippen molar-refractivity contribution in [2.45, 2.75) is 37.8 Å². The first kappa shape index (κ1) is 19.2. The number of morpholine rings is 1. The van der Waals surface area contributed by atoms with Gasteiger partial charge in [0.1, 0.15) is 18.0 Å². The number of rotatable bonds is 4. The van der Waals surface area contributed by atoms with E-state index in [0.717, 1.165) is 50.1 Å². The zero-order valence-electron chi connectivity index (χ0n) is 16.0. The van der Waals surface area contributed by atoms with Crippen molar-refractivity contribution in [2.75, 3.05) is 31.2 Å². The minimum Gasteiger partial charge on any atom is -0.474 e. The third-order valence-corrected chi connectivity index (χ3v) is 5.38. The van der Waals surface area contributed by atoms with E-state index in [1.54, 1.807) is 12.3 Å². The fraction of sp³-hybridized carbons (Fsp3) is 0.500. The maximum Gasteiger partial charge on any atom is 0.404 e. The molecule has 9 heteroatoms. The SMILES string of the molecule is N#Cc1cnc2cc(N3CCOCC3)nc(OC3CCC(NC(=O)O)CC3)c2c1. The van der Waals surface area contributed by atoms with E-state index >= 15 is 0 Å². The van der Waals surface area contributed by atoms with Gasteiger partial charge in [0.2, 0.25) is 5.88 Å². The number of hydrogen-bond donors (Lipinski definition) is 2. The van der Waals surface area contributed by atoms with Crippen molar-refractivity contribution in [3.8, 4) is 11.9 Å². The molecule has 2 aromatic heterocycles. The fourth-order valence-corrected chi connectivity index (χ4v) is 3.84. The molecule has 152 valence electrons. The van der Waals surface area contributed by atoms with Crippen LogP contribution in [0.5, 0.6) is 5.88 Å². The first-order valence-corrected chi connectivity index (χ1v) is 9.82. The van der Waals surface area contributed by atoms with Crippen LogP contribution in [0.1, 0.15) is 31.2 Å². The van der Waals surface area contributed by atoms with Gasteiger partial charge in [0, 0.05) is 31.4 Å². The molecule has 1 aliphatic heterocycles. The van der Waals surface area contributed by atoms with E-state index in [2.05, 4.69) is 21.3 Å². The van der Waals surface area contributed by atoms with Crippen molar-refractivity contribution < 1.29 is 19.4 Å². The van der Waals surface area contributed by atoms with Gasteiger partial charge in [0.25, 0.3) is 0 Å². The number of carbonyl (C=O) groups is 1. The van der Waals surface area contributed by atoms with Gasteiger partial charge in [-0.1, -0.05) is 0 Å². The molecule has 2 aliphatic rings. The Morgan fingerprint density at radius 3 is 2.72 bits per heavy atom. The number of carboxylic acid groups (broad SMARTS) is 1. The molecule has 0 unspecified atom stereocenters. The van der Waals surface area contributed by atoms with Gasteiger partial charge in [-0.2, -0.15) is 10.2 Å². The number of hydrogen-bond acceptors (Lipinski definition) is 7. The standard InChI is InChI=1S/C20H23N5O4/c21-11-13-9-16-17(22-12-13)10-18(25-5-7-28-8-6-25)24-19(16)29-15-3-1-14(2-4-15)23-20(26)27/h9-10,12,14-15,23H,1-8H2,(H,26,27). The summed E-state index contributed by atoms with van der Waals surface area (Å²) in [5.41, 5.74) is 1.19. The second kappa shape index (κ2) is 8.49. The van der Waals surface area contributed by atoms with Gasteiger partial charge >= 0.3 is 6.09 Å². The Bertz CT molecular complexity index is 930. The first-order valence-electron chi connectivity index (χ1n) is 9.82. The number of pyridine rings is 2. The lowest BCUT2D eigenvalue weighted by Crippen LogP contribution is -2.39. The molecule has 0 radical (unpaired) electrons. The molecule has 9 nitrogen and oxygen atoms in total. The minimum atomic E-state index is -0.990. The zero-order chi connectivity index (χ0) is 20.2. The zero-order valence-corrected chi connectivity index (χ0v) is 16.0. The van der Waals surface area contributed by atoms with Crippen molar-refractivity contribution in [1.82, 2.24) is 15.3 Å². The third kappa shape index (κ3) is 4.49. The van der Waals surface area contributed by atoms with Crippen molar-refractivity contribution in [3.63, 3.8) is 0 Å². The monoisotopic (exact) mass is 397 g/mol. The summed E-state index contributed by atoms with van der Waals surface area (Å²) in [7, 11) is 0. The molecule has 1 saturated heterocycles. The number of anilines is 1. The van der Waals surface area contributed by atoms with Gasteiger partial charge in [-0.05, 0) is 31.7 Å². The summed E-state index contributed by atoms with van der Waals surface area (Å²) in [6.07, 6.45) is 3.43. The Kier molecular flexibility index (Phi) is 5.62. The molecule has 2 N–H and O–H groups in total. The lowest BCUT2D eigenvalue weighted by molar-refractivity contribution is 0.121. The van der Waals surface area contributed by atoms with Crippen LogP contribution in [-0.4, -0.2) is 59.6 Å². The highest BCUT2D eigenvalue weighted by atomic mass is 16.5. The Morgan fingerprint density at radius 2 is 2.03 bits per heavy atom. The average Bonchev–Trinajstić information content (AvgIpc) is 2.75. The smallest absolute Gasteiger partial charge is 0.404 e. The summed E-state index contributed by atoms with van der Waals surface area (Å²) in [6.45, 7) is 2.80. The van der Waals surface area contributed by atoms with Crippen LogP contribution < -0.4 is 15.0 Å². The number of fused-ring (bicyclic) bond motifs is 1. The molecular formula is C20H23N5O4. The Labute approximate surface area is 168 Å². The quantitative estimate of drug-likeness (QED) is 0.806. The average molecular weight is 397 g/mol. The minimum absolute atomic E-state index is 0.0383. The van der Waals surface area contributed by atoms with E-state index in [1.807, 2.05) is 6.07 Å². The maximum absolute atomic E-state index is 10.8. The van der Waals surface area contributed by atoms with Crippen LogP contribution in [0.4, 0.5) is 10.6 Å². The number of ether oxygens (including phenoxy) is 2. The summed E-state index contributed by atoms with van der Waals surface area (Å²) in [5, 5.41) is 21.4. The van der Waals surface area contributed by atoms with Gasteiger partial charge in [0.05, 0.1) is 29.7 Å². The highest BCUT2D eigenvalue weighted by Crippen LogP contribution is 2.31. The summed E-state index contributed by atoms with van der Waals surface area (Å²) < 4.78 is 11.7. The topological polar surface area (TPSA) is 121 Å². The predicted molar refractivity (Wildman–Crippen MR) is 105 cm³/mol. The summed E-state index contributed by atoms with van der Waals surface area (Å²) in [4.78, 5) is 22.2. The molecule has 3 heterocycles. The first-order chi connectivity index (χ1) is 14.1. The Hall–Kier alpha value is -3.12. The van der Waals surface area contributed by atoms with Gasteiger partial charge in [-0.25, -0.2) is 4.79 Å². The van der Waals surface area contributed by atoms with Crippen LogP contribution in [0.2, 0.25) is 0 Å². The van der Waals surface area contributed by atoms with E-state index in [-0.39, 0.29) is 12.1 Å². The van der Waals surface area contributed by atoms with E-state index in [9.17, 15) is 10.1 Å². The lowest BCUT2D eigenvalue weighted by Gasteiger charge is -2.30. The third-order valence-electron chi connectivity index (χ3n) is 5.38. The van der Waals surface area contributed by atoms with Crippen molar-refractivity contribution in [3.05, 3.63) is 23.9 Å². The molecule has 0 spiro atoms. The van der Waals surface area contributed by atoms with Gasteiger partial charge in [-0.3, -0.25) is 4.98 Å². The molecule has 0 aromatic carbocycles. The number of nitrogens with zero attached hydrogens (tertiary/aromatic N) is 4. The van der Waals surface area contributed by atoms with Gasteiger partial charge < -0.3 is 24.8 Å². The molecule has 29 heavy (non-hydrogen) atoms. The van der Waals surface area contributed by atoms with Crippen LogP contribution >= 0.6 is 0 Å². The molecule has 0 atom stereocenters. The number of aromatic nitrogens is 2. The fourth-order valence-electron chi connectivity index (χ4n) is 3.84. The van der Waals surface area contributed by atoms with E-state index in [0.29, 0.717) is 30.0 Å². The lowest BCUT2D eigenvalue weighted by atomic mass is 9.93. The van der Waals surface area contributed by atoms with E-state index < -0.39 is 6.09 Å². The molecule has 1 saturated carbocycles. The summed E-state index contributed by atoms with van der Waals surface area (Å²) >= 11 is 0. The predicted octanol–water partition coefficient (Wildman–Crippen LogP) is 2.30. The van der Waals surface area contributed by atoms with Crippen LogP contribution in [0.25, 0.3) is 10.9 Å². The van der Waals surface area contributed by atoms with Crippen molar-refractivity contribution in [1.29, 1.82) is 5.26 Å². The van der Waals surface area contributed by atoms with Crippen LogP contribution in [0.3, 0.4) is 0 Å². The van der Waals surface area contributed by atoms with Crippen LogP contribution in [0, 0.1) is 11.3 Å². The van der Waals surface area contributed by atoms with E-state index in [1.165, 1.54) is 0 Å². The van der Waals surface area contributed by atoms with Crippen LogP contribution in [0.15, 0.2) is 18.3 Å². The van der Waals surface area contributed by atoms with Crippen molar-refractivity contribution >= 4 is 22.8 Å². The second-order valence-corrected chi connectivity index (χ2v) is 7.33.